The zero-order chi connectivity index (χ0) is 20.1. The lowest BCUT2D eigenvalue weighted by molar-refractivity contribution is -0.118. The summed E-state index contributed by atoms with van der Waals surface area (Å²) in [7, 11) is 0. The summed E-state index contributed by atoms with van der Waals surface area (Å²) in [6.45, 7) is -0.231. The van der Waals surface area contributed by atoms with Gasteiger partial charge in [0, 0.05) is 12.6 Å². The van der Waals surface area contributed by atoms with Crippen molar-refractivity contribution in [2.24, 2.45) is 0 Å². The van der Waals surface area contributed by atoms with E-state index in [0.29, 0.717) is 17.0 Å². The summed E-state index contributed by atoms with van der Waals surface area (Å²) >= 11 is 6.10. The van der Waals surface area contributed by atoms with Gasteiger partial charge in [-0.25, -0.2) is 9.18 Å². The fourth-order valence-corrected chi connectivity index (χ4v) is 2.61. The second-order valence-electron chi connectivity index (χ2n) is 5.88. The van der Waals surface area contributed by atoms with E-state index in [4.69, 9.17) is 16.3 Å². The van der Waals surface area contributed by atoms with Crippen LogP contribution in [0.2, 0.25) is 5.02 Å². The van der Waals surface area contributed by atoms with Crippen LogP contribution in [0.1, 0.15) is 5.56 Å². The third kappa shape index (κ3) is 5.10. The van der Waals surface area contributed by atoms with Crippen LogP contribution in [0.15, 0.2) is 36.4 Å². The molecular weight excluding hydrogens is 391 g/mol. The predicted molar refractivity (Wildman–Crippen MR) is 101 cm³/mol. The van der Waals surface area contributed by atoms with E-state index >= 15 is 0 Å². The first-order valence-electron chi connectivity index (χ1n) is 8.23. The molecule has 4 N–H and O–H groups in total. The molecule has 3 rings (SSSR count). The highest BCUT2D eigenvalue weighted by Gasteiger charge is 2.19. The molecule has 0 atom stereocenters. The molecule has 0 saturated heterocycles. The molecule has 1 aliphatic heterocycles. The lowest BCUT2D eigenvalue weighted by Crippen LogP contribution is -2.39. The molecule has 0 spiro atoms. The Morgan fingerprint density at radius 2 is 1.93 bits per heavy atom. The Hall–Kier alpha value is -3.33. The Kier molecular flexibility index (Phi) is 5.95. The molecule has 146 valence electrons. The van der Waals surface area contributed by atoms with Gasteiger partial charge >= 0.3 is 6.03 Å². The van der Waals surface area contributed by atoms with Gasteiger partial charge in [-0.05, 0) is 23.8 Å². The highest BCUT2D eigenvalue weighted by molar-refractivity contribution is 6.34. The number of benzene rings is 2. The van der Waals surface area contributed by atoms with Gasteiger partial charge in [-0.1, -0.05) is 23.7 Å². The minimum atomic E-state index is -0.554. The van der Waals surface area contributed by atoms with Gasteiger partial charge < -0.3 is 26.0 Å². The Morgan fingerprint density at radius 3 is 2.68 bits per heavy atom. The summed E-state index contributed by atoms with van der Waals surface area (Å²) in [5.41, 5.74) is 1.42. The molecule has 0 fully saturated rings. The van der Waals surface area contributed by atoms with Gasteiger partial charge in [0.25, 0.3) is 5.91 Å². The molecule has 0 aliphatic carbocycles. The van der Waals surface area contributed by atoms with Crippen LogP contribution in [0, 0.1) is 5.82 Å². The van der Waals surface area contributed by atoms with Crippen molar-refractivity contribution in [3.05, 3.63) is 52.8 Å². The fraction of sp³-hybridized carbons (Fsp3) is 0.167. The Bertz CT molecular complexity index is 921. The number of ether oxygens (including phenoxy) is 1. The van der Waals surface area contributed by atoms with Crippen molar-refractivity contribution in [1.82, 2.24) is 10.6 Å². The average Bonchev–Trinajstić information content (AvgIpc) is 2.66. The van der Waals surface area contributed by atoms with Gasteiger partial charge in [-0.2, -0.15) is 0 Å². The minimum absolute atomic E-state index is 0.127. The smallest absolute Gasteiger partial charge is 0.315 e. The van der Waals surface area contributed by atoms with Crippen LogP contribution >= 0.6 is 11.6 Å². The first-order chi connectivity index (χ1) is 13.4. The monoisotopic (exact) mass is 406 g/mol. The molecule has 10 heteroatoms. The van der Waals surface area contributed by atoms with Crippen LogP contribution in [-0.4, -0.2) is 31.0 Å². The third-order valence-electron chi connectivity index (χ3n) is 3.75. The number of carbonyl (C=O) groups excluding carboxylic acids is 3. The molecule has 0 aromatic heterocycles. The zero-order valence-electron chi connectivity index (χ0n) is 14.5. The lowest BCUT2D eigenvalue weighted by Gasteiger charge is -2.19. The van der Waals surface area contributed by atoms with Gasteiger partial charge in [0.2, 0.25) is 5.91 Å². The molecule has 1 heterocycles. The number of hydrogen-bond acceptors (Lipinski definition) is 4. The van der Waals surface area contributed by atoms with Crippen molar-refractivity contribution >= 4 is 40.8 Å². The molecular formula is C18H16ClFN4O4. The number of rotatable bonds is 5. The standard InChI is InChI=1S/C18H16ClFN4O4/c19-12-5-14-15(28-9-17(26)24-14)6-13(12)23-16(25)8-22-18(27)21-7-10-1-3-11(20)4-2-10/h1-6H,7-9H2,(H,23,25)(H,24,26)(H2,21,22,27). The Morgan fingerprint density at radius 1 is 1.18 bits per heavy atom. The number of nitrogens with one attached hydrogen (secondary N) is 4. The second kappa shape index (κ2) is 8.57. The number of hydrogen-bond donors (Lipinski definition) is 4. The number of anilines is 2. The van der Waals surface area contributed by atoms with Crippen molar-refractivity contribution in [2.45, 2.75) is 6.54 Å². The topological polar surface area (TPSA) is 109 Å². The van der Waals surface area contributed by atoms with E-state index in [1.165, 1.54) is 24.3 Å². The summed E-state index contributed by atoms with van der Waals surface area (Å²) in [4.78, 5) is 35.1. The summed E-state index contributed by atoms with van der Waals surface area (Å²) in [6, 6.07) is 8.08. The number of halogens is 2. The molecule has 28 heavy (non-hydrogen) atoms. The van der Waals surface area contributed by atoms with E-state index in [9.17, 15) is 18.8 Å². The predicted octanol–water partition coefficient (Wildman–Crippen LogP) is 2.25. The van der Waals surface area contributed by atoms with E-state index in [1.54, 1.807) is 12.1 Å². The van der Waals surface area contributed by atoms with E-state index in [-0.39, 0.29) is 42.1 Å². The molecule has 0 unspecified atom stereocenters. The second-order valence-corrected chi connectivity index (χ2v) is 6.28. The Balaban J connectivity index is 1.48. The minimum Gasteiger partial charge on any atom is -0.482 e. The number of fused-ring (bicyclic) bond motifs is 1. The van der Waals surface area contributed by atoms with Crippen LogP contribution in [-0.2, 0) is 16.1 Å². The van der Waals surface area contributed by atoms with E-state index < -0.39 is 11.9 Å². The fourth-order valence-electron chi connectivity index (χ4n) is 2.40. The van der Waals surface area contributed by atoms with E-state index in [0.717, 1.165) is 0 Å². The van der Waals surface area contributed by atoms with Gasteiger partial charge in [0.1, 0.15) is 11.6 Å². The van der Waals surface area contributed by atoms with Crippen LogP contribution < -0.4 is 26.0 Å². The molecule has 0 bridgehead atoms. The summed E-state index contributed by atoms with van der Waals surface area (Å²) in [5.74, 6) is -0.780. The highest BCUT2D eigenvalue weighted by atomic mass is 35.5. The van der Waals surface area contributed by atoms with Crippen LogP contribution in [0.4, 0.5) is 20.6 Å². The zero-order valence-corrected chi connectivity index (χ0v) is 15.2. The van der Waals surface area contributed by atoms with Crippen LogP contribution in [0.25, 0.3) is 0 Å². The molecule has 0 radical (unpaired) electrons. The maximum atomic E-state index is 12.8. The SMILES string of the molecule is O=C(CNC(=O)NCc1ccc(F)cc1)Nc1cc2c(cc1Cl)NC(=O)CO2. The molecule has 0 saturated carbocycles. The normalized spacial score (nSPS) is 12.3. The number of amides is 4. The largest absolute Gasteiger partial charge is 0.482 e. The quantitative estimate of drug-likeness (QED) is 0.610. The number of urea groups is 1. The lowest BCUT2D eigenvalue weighted by atomic mass is 10.2. The first-order valence-corrected chi connectivity index (χ1v) is 8.60. The van der Waals surface area contributed by atoms with Gasteiger partial charge in [-0.3, -0.25) is 9.59 Å². The Labute approximate surface area is 164 Å². The van der Waals surface area contributed by atoms with Crippen molar-refractivity contribution in [3.8, 4) is 5.75 Å². The molecule has 4 amide bonds. The summed E-state index contributed by atoms with van der Waals surface area (Å²) < 4.78 is 18.1. The molecule has 1 aliphatic rings. The highest BCUT2D eigenvalue weighted by Crippen LogP contribution is 2.36. The van der Waals surface area contributed by atoms with Crippen molar-refractivity contribution in [3.63, 3.8) is 0 Å². The molecule has 2 aromatic carbocycles. The van der Waals surface area contributed by atoms with Crippen molar-refractivity contribution in [1.29, 1.82) is 0 Å². The number of carbonyl (C=O) groups is 3. The van der Waals surface area contributed by atoms with Crippen molar-refractivity contribution < 1.29 is 23.5 Å². The average molecular weight is 407 g/mol. The maximum Gasteiger partial charge on any atom is 0.315 e. The van der Waals surface area contributed by atoms with Gasteiger partial charge in [0.05, 0.1) is 22.9 Å². The van der Waals surface area contributed by atoms with Crippen LogP contribution in [0.3, 0.4) is 0 Å². The van der Waals surface area contributed by atoms with Gasteiger partial charge in [-0.15, -0.1) is 0 Å². The maximum absolute atomic E-state index is 12.8. The van der Waals surface area contributed by atoms with E-state index in [1.807, 2.05) is 0 Å². The molecule has 2 aromatic rings. The molecule has 8 nitrogen and oxygen atoms in total. The van der Waals surface area contributed by atoms with Crippen molar-refractivity contribution in [2.75, 3.05) is 23.8 Å². The van der Waals surface area contributed by atoms with Crippen LogP contribution in [0.5, 0.6) is 5.75 Å². The van der Waals surface area contributed by atoms with Gasteiger partial charge in [0.15, 0.2) is 6.61 Å². The summed E-state index contributed by atoms with van der Waals surface area (Å²) in [6.07, 6.45) is 0. The van der Waals surface area contributed by atoms with E-state index in [2.05, 4.69) is 21.3 Å². The third-order valence-corrected chi connectivity index (χ3v) is 4.06. The summed E-state index contributed by atoms with van der Waals surface area (Å²) in [5, 5.41) is 10.3. The first kappa shape index (κ1) is 19.4.